The number of carbonyl (C=O) groups excluding carboxylic acids is 1. The number of carbonyl (C=O) groups is 1. The third-order valence-corrected chi connectivity index (χ3v) is 3.46. The molecular weight excluding hydrogens is 275 g/mol. The number of hydrogen-bond acceptors (Lipinski definition) is 4. The number of aromatic hydroxyl groups is 1. The number of ether oxygens (including phenoxy) is 1. The predicted octanol–water partition coefficient (Wildman–Crippen LogP) is 0.912. The van der Waals surface area contributed by atoms with Crippen molar-refractivity contribution in [3.8, 4) is 5.75 Å². The Kier molecular flexibility index (Phi) is 5.95. The Labute approximate surface area is 123 Å². The first-order chi connectivity index (χ1) is 10.1. The van der Waals surface area contributed by atoms with Gasteiger partial charge in [-0.15, -0.1) is 0 Å². The molecule has 21 heavy (non-hydrogen) atoms. The van der Waals surface area contributed by atoms with Crippen molar-refractivity contribution in [3.63, 3.8) is 0 Å². The number of rotatable bonds is 5. The van der Waals surface area contributed by atoms with E-state index in [9.17, 15) is 14.3 Å². The zero-order valence-corrected chi connectivity index (χ0v) is 12.0. The van der Waals surface area contributed by atoms with Gasteiger partial charge in [-0.05, 0) is 24.6 Å². The van der Waals surface area contributed by atoms with Gasteiger partial charge in [0.2, 0.25) is 5.91 Å². The summed E-state index contributed by atoms with van der Waals surface area (Å²) in [7, 11) is 0. The van der Waals surface area contributed by atoms with E-state index in [1.807, 2.05) is 0 Å². The number of phenols is 1. The second kappa shape index (κ2) is 7.95. The summed E-state index contributed by atoms with van der Waals surface area (Å²) < 4.78 is 18.4. The average Bonchev–Trinajstić information content (AvgIpc) is 2.72. The lowest BCUT2D eigenvalue weighted by Gasteiger charge is -2.19. The van der Waals surface area contributed by atoms with E-state index in [4.69, 9.17) is 4.74 Å². The third-order valence-electron chi connectivity index (χ3n) is 3.46. The molecule has 0 aliphatic carbocycles. The van der Waals surface area contributed by atoms with Crippen LogP contribution in [0.2, 0.25) is 0 Å². The highest BCUT2D eigenvalue weighted by Crippen LogP contribution is 2.18. The molecule has 1 aliphatic heterocycles. The van der Waals surface area contributed by atoms with Gasteiger partial charge in [0.1, 0.15) is 11.6 Å². The topological polar surface area (TPSA) is 61.8 Å². The molecule has 0 unspecified atom stereocenters. The fraction of sp³-hybridized carbons (Fsp3) is 0.533. The van der Waals surface area contributed by atoms with E-state index in [2.05, 4.69) is 10.2 Å². The summed E-state index contributed by atoms with van der Waals surface area (Å²) >= 11 is 0. The van der Waals surface area contributed by atoms with Gasteiger partial charge in [0.05, 0.1) is 13.0 Å². The van der Waals surface area contributed by atoms with Gasteiger partial charge in [0, 0.05) is 38.3 Å². The van der Waals surface area contributed by atoms with E-state index in [1.165, 1.54) is 12.1 Å². The first-order valence-electron chi connectivity index (χ1n) is 7.19. The molecule has 1 amide bonds. The fourth-order valence-corrected chi connectivity index (χ4v) is 2.31. The molecule has 116 valence electrons. The Hall–Kier alpha value is -1.66. The first kappa shape index (κ1) is 15.7. The Morgan fingerprint density at radius 3 is 3.10 bits per heavy atom. The number of nitrogens with one attached hydrogen (secondary N) is 1. The minimum absolute atomic E-state index is 0.0211. The van der Waals surface area contributed by atoms with Gasteiger partial charge in [0.15, 0.2) is 0 Å². The van der Waals surface area contributed by atoms with E-state index in [1.54, 1.807) is 0 Å². The predicted molar refractivity (Wildman–Crippen MR) is 76.7 cm³/mol. The summed E-state index contributed by atoms with van der Waals surface area (Å²) in [5, 5.41) is 12.4. The van der Waals surface area contributed by atoms with Gasteiger partial charge in [0.25, 0.3) is 0 Å². The third kappa shape index (κ3) is 5.32. The molecule has 1 aliphatic rings. The molecule has 1 heterocycles. The molecule has 0 atom stereocenters. The van der Waals surface area contributed by atoms with E-state index in [0.29, 0.717) is 12.1 Å². The van der Waals surface area contributed by atoms with Crippen molar-refractivity contribution in [3.05, 3.63) is 29.6 Å². The number of amides is 1. The molecule has 2 N–H and O–H groups in total. The van der Waals surface area contributed by atoms with Crippen molar-refractivity contribution >= 4 is 5.91 Å². The average molecular weight is 296 g/mol. The van der Waals surface area contributed by atoms with E-state index in [-0.39, 0.29) is 18.1 Å². The van der Waals surface area contributed by atoms with Gasteiger partial charge >= 0.3 is 0 Å². The maximum Gasteiger partial charge on any atom is 0.224 e. The summed E-state index contributed by atoms with van der Waals surface area (Å²) in [6.45, 7) is 4.67. The van der Waals surface area contributed by atoms with Crippen LogP contribution in [-0.2, 0) is 16.0 Å². The highest BCUT2D eigenvalue weighted by Gasteiger charge is 2.11. The van der Waals surface area contributed by atoms with Crippen LogP contribution in [0.1, 0.15) is 12.0 Å². The standard InChI is InChI=1S/C15H21FN2O3/c16-13-2-3-14(19)12(10-13)11-15(20)17-4-6-18-5-1-8-21-9-7-18/h2-3,10,19H,1,4-9,11H2,(H,17,20). The van der Waals surface area contributed by atoms with Gasteiger partial charge < -0.3 is 15.2 Å². The zero-order valence-electron chi connectivity index (χ0n) is 12.0. The summed E-state index contributed by atoms with van der Waals surface area (Å²) in [6.07, 6.45) is 0.984. The van der Waals surface area contributed by atoms with Crippen LogP contribution in [0.4, 0.5) is 4.39 Å². The van der Waals surface area contributed by atoms with Gasteiger partial charge in [-0.1, -0.05) is 0 Å². The Morgan fingerprint density at radius 1 is 1.38 bits per heavy atom. The highest BCUT2D eigenvalue weighted by atomic mass is 19.1. The molecule has 1 aromatic rings. The van der Waals surface area contributed by atoms with Gasteiger partial charge in [-0.3, -0.25) is 9.69 Å². The van der Waals surface area contributed by atoms with Crippen molar-refractivity contribution in [2.75, 3.05) is 39.4 Å². The maximum absolute atomic E-state index is 13.1. The van der Waals surface area contributed by atoms with Crippen LogP contribution >= 0.6 is 0 Å². The van der Waals surface area contributed by atoms with Crippen molar-refractivity contribution < 1.29 is 19.0 Å². The number of benzene rings is 1. The lowest BCUT2D eigenvalue weighted by atomic mass is 10.1. The van der Waals surface area contributed by atoms with Crippen LogP contribution in [0, 0.1) is 5.82 Å². The monoisotopic (exact) mass is 296 g/mol. The molecule has 0 saturated carbocycles. The van der Waals surface area contributed by atoms with Gasteiger partial charge in [-0.2, -0.15) is 0 Å². The molecule has 0 radical (unpaired) electrons. The molecule has 6 heteroatoms. The van der Waals surface area contributed by atoms with Crippen LogP contribution in [0.25, 0.3) is 0 Å². The number of nitrogens with zero attached hydrogens (tertiary/aromatic N) is 1. The fourth-order valence-electron chi connectivity index (χ4n) is 2.31. The van der Waals surface area contributed by atoms with Crippen LogP contribution in [0.3, 0.4) is 0 Å². The minimum Gasteiger partial charge on any atom is -0.508 e. The van der Waals surface area contributed by atoms with Gasteiger partial charge in [-0.25, -0.2) is 4.39 Å². The zero-order chi connectivity index (χ0) is 15.1. The summed E-state index contributed by atoms with van der Waals surface area (Å²) in [6, 6.07) is 3.61. The van der Waals surface area contributed by atoms with E-state index in [0.717, 1.165) is 45.3 Å². The lowest BCUT2D eigenvalue weighted by Crippen LogP contribution is -2.36. The normalized spacial score (nSPS) is 16.4. The summed E-state index contributed by atoms with van der Waals surface area (Å²) in [5.74, 6) is -0.738. The maximum atomic E-state index is 13.1. The van der Waals surface area contributed by atoms with E-state index < -0.39 is 5.82 Å². The summed E-state index contributed by atoms with van der Waals surface area (Å²) in [5.41, 5.74) is 0.302. The molecule has 2 rings (SSSR count). The molecule has 1 fully saturated rings. The van der Waals surface area contributed by atoms with Crippen molar-refractivity contribution in [2.24, 2.45) is 0 Å². The second-order valence-electron chi connectivity index (χ2n) is 5.11. The van der Waals surface area contributed by atoms with Crippen LogP contribution in [0.15, 0.2) is 18.2 Å². The van der Waals surface area contributed by atoms with Crippen molar-refractivity contribution in [1.82, 2.24) is 10.2 Å². The number of hydrogen-bond donors (Lipinski definition) is 2. The lowest BCUT2D eigenvalue weighted by molar-refractivity contribution is -0.120. The smallest absolute Gasteiger partial charge is 0.224 e. The molecule has 0 bridgehead atoms. The van der Waals surface area contributed by atoms with Crippen molar-refractivity contribution in [2.45, 2.75) is 12.8 Å². The quantitative estimate of drug-likeness (QED) is 0.848. The molecule has 5 nitrogen and oxygen atoms in total. The molecular formula is C15H21FN2O3. The van der Waals surface area contributed by atoms with E-state index >= 15 is 0 Å². The number of halogens is 1. The van der Waals surface area contributed by atoms with Crippen LogP contribution in [0.5, 0.6) is 5.75 Å². The van der Waals surface area contributed by atoms with Crippen molar-refractivity contribution in [1.29, 1.82) is 0 Å². The Balaban J connectivity index is 1.73. The second-order valence-corrected chi connectivity index (χ2v) is 5.11. The molecule has 1 saturated heterocycles. The minimum atomic E-state index is -0.458. The summed E-state index contributed by atoms with van der Waals surface area (Å²) in [4.78, 5) is 14.0. The van der Waals surface area contributed by atoms with Crippen LogP contribution < -0.4 is 5.32 Å². The SMILES string of the molecule is O=C(Cc1cc(F)ccc1O)NCCN1CCCOCC1. The highest BCUT2D eigenvalue weighted by molar-refractivity contribution is 5.79. The molecule has 0 spiro atoms. The largest absolute Gasteiger partial charge is 0.508 e. The first-order valence-corrected chi connectivity index (χ1v) is 7.19. The molecule has 1 aromatic carbocycles. The Bertz CT molecular complexity index is 474. The number of phenolic OH excluding ortho intramolecular Hbond substituents is 1. The van der Waals surface area contributed by atoms with Crippen LogP contribution in [-0.4, -0.2) is 55.3 Å². The molecule has 0 aromatic heterocycles. The Morgan fingerprint density at radius 2 is 2.24 bits per heavy atom.